The number of nitrogens with zero attached hydrogens (tertiary/aromatic N) is 1. The fourth-order valence-corrected chi connectivity index (χ4v) is 1.96. The molecule has 4 heteroatoms. The standard InChI is InChI=1S/C9H16N4/c1-6-11-8-5-7(12-10)3-4-9(8)13(6)2/h3-6,8-9,11-12H,10H2,1-2H3. The third kappa shape index (κ3) is 1.37. The number of rotatable bonds is 1. The molecule has 1 aliphatic heterocycles. The fraction of sp³-hybridized carbons (Fsp3) is 0.556. The highest BCUT2D eigenvalue weighted by molar-refractivity contribution is 5.29. The highest BCUT2D eigenvalue weighted by atomic mass is 15.3. The number of fused-ring (bicyclic) bond motifs is 1. The molecule has 72 valence electrons. The van der Waals surface area contributed by atoms with Crippen LogP contribution in [0.25, 0.3) is 0 Å². The van der Waals surface area contributed by atoms with Gasteiger partial charge >= 0.3 is 0 Å². The summed E-state index contributed by atoms with van der Waals surface area (Å²) in [6.07, 6.45) is 6.76. The van der Waals surface area contributed by atoms with E-state index in [4.69, 9.17) is 5.84 Å². The van der Waals surface area contributed by atoms with Crippen molar-refractivity contribution in [3.63, 3.8) is 0 Å². The van der Waals surface area contributed by atoms with Crippen LogP contribution in [0.2, 0.25) is 0 Å². The second kappa shape index (κ2) is 3.14. The van der Waals surface area contributed by atoms with E-state index in [1.165, 1.54) is 0 Å². The number of hydrazine groups is 1. The summed E-state index contributed by atoms with van der Waals surface area (Å²) in [6, 6.07) is 0.850. The number of hydrogen-bond donors (Lipinski definition) is 3. The molecule has 0 radical (unpaired) electrons. The molecule has 3 unspecified atom stereocenters. The molecule has 0 saturated carbocycles. The molecular weight excluding hydrogens is 164 g/mol. The average molecular weight is 180 g/mol. The zero-order valence-electron chi connectivity index (χ0n) is 7.99. The maximum atomic E-state index is 5.34. The van der Waals surface area contributed by atoms with Crippen molar-refractivity contribution in [1.82, 2.24) is 15.6 Å². The minimum absolute atomic E-state index is 0.385. The Kier molecular flexibility index (Phi) is 2.11. The molecule has 0 aromatic carbocycles. The van der Waals surface area contributed by atoms with E-state index >= 15 is 0 Å². The van der Waals surface area contributed by atoms with Gasteiger partial charge in [0.05, 0.1) is 6.17 Å². The highest BCUT2D eigenvalue weighted by Crippen LogP contribution is 2.21. The van der Waals surface area contributed by atoms with Gasteiger partial charge in [-0.2, -0.15) is 0 Å². The normalized spacial score (nSPS) is 38.7. The molecule has 0 bridgehead atoms. The summed E-state index contributed by atoms with van der Waals surface area (Å²) in [6.45, 7) is 2.16. The van der Waals surface area contributed by atoms with Gasteiger partial charge in [-0.05, 0) is 26.1 Å². The van der Waals surface area contributed by atoms with Gasteiger partial charge in [0.25, 0.3) is 0 Å². The summed E-state index contributed by atoms with van der Waals surface area (Å²) in [7, 11) is 2.13. The molecular formula is C9H16N4. The van der Waals surface area contributed by atoms with E-state index in [0.29, 0.717) is 18.2 Å². The molecule has 0 aromatic heterocycles. The first-order valence-electron chi connectivity index (χ1n) is 4.57. The van der Waals surface area contributed by atoms with Crippen LogP contribution in [0.1, 0.15) is 6.92 Å². The maximum absolute atomic E-state index is 5.34. The van der Waals surface area contributed by atoms with Crippen molar-refractivity contribution in [2.24, 2.45) is 5.84 Å². The quantitative estimate of drug-likeness (QED) is 0.377. The van der Waals surface area contributed by atoms with Crippen molar-refractivity contribution < 1.29 is 0 Å². The van der Waals surface area contributed by atoms with E-state index < -0.39 is 0 Å². The Labute approximate surface area is 78.4 Å². The van der Waals surface area contributed by atoms with Gasteiger partial charge in [-0.1, -0.05) is 6.08 Å². The van der Waals surface area contributed by atoms with Crippen LogP contribution in [0, 0.1) is 0 Å². The van der Waals surface area contributed by atoms with Crippen LogP contribution in [0.4, 0.5) is 0 Å². The van der Waals surface area contributed by atoms with E-state index in [-0.39, 0.29) is 0 Å². The monoisotopic (exact) mass is 180 g/mol. The highest BCUT2D eigenvalue weighted by Gasteiger charge is 2.34. The van der Waals surface area contributed by atoms with Crippen LogP contribution in [-0.2, 0) is 0 Å². The lowest BCUT2D eigenvalue weighted by Crippen LogP contribution is -2.35. The lowest BCUT2D eigenvalue weighted by Gasteiger charge is -2.23. The number of nitrogens with two attached hydrogens (primary N) is 1. The molecule has 1 saturated heterocycles. The average Bonchev–Trinajstić information content (AvgIpc) is 2.42. The maximum Gasteiger partial charge on any atom is 0.0576 e. The molecule has 0 amide bonds. The third-order valence-corrected chi connectivity index (χ3v) is 2.88. The van der Waals surface area contributed by atoms with E-state index in [1.54, 1.807) is 0 Å². The Morgan fingerprint density at radius 1 is 1.62 bits per heavy atom. The van der Waals surface area contributed by atoms with Crippen molar-refractivity contribution in [3.05, 3.63) is 23.9 Å². The number of likely N-dealkylation sites (N-methyl/N-ethyl adjacent to an activating group) is 1. The molecule has 3 atom stereocenters. The molecule has 0 spiro atoms. The van der Waals surface area contributed by atoms with Gasteiger partial charge < -0.3 is 5.43 Å². The first kappa shape index (κ1) is 8.74. The van der Waals surface area contributed by atoms with Crippen molar-refractivity contribution in [2.75, 3.05) is 7.05 Å². The second-order valence-corrected chi connectivity index (χ2v) is 3.65. The molecule has 1 fully saturated rings. The van der Waals surface area contributed by atoms with Crippen LogP contribution in [0.3, 0.4) is 0 Å². The van der Waals surface area contributed by atoms with Crippen LogP contribution in [-0.4, -0.2) is 30.2 Å². The summed E-state index contributed by atoms with van der Waals surface area (Å²) in [4.78, 5) is 2.31. The molecule has 1 heterocycles. The predicted molar refractivity (Wildman–Crippen MR) is 52.5 cm³/mol. The van der Waals surface area contributed by atoms with E-state index in [0.717, 1.165) is 5.70 Å². The zero-order valence-corrected chi connectivity index (χ0v) is 7.99. The number of nitrogens with one attached hydrogen (secondary N) is 2. The van der Waals surface area contributed by atoms with Gasteiger partial charge in [0.15, 0.2) is 0 Å². The SMILES string of the molecule is CC1NC2C=C(NN)C=CC2N1C. The lowest BCUT2D eigenvalue weighted by atomic mass is 10.0. The zero-order chi connectivity index (χ0) is 9.42. The predicted octanol–water partition coefficient (Wildman–Crippen LogP) is -0.478. The van der Waals surface area contributed by atoms with Gasteiger partial charge in [0.2, 0.25) is 0 Å². The molecule has 4 N–H and O–H groups in total. The van der Waals surface area contributed by atoms with E-state index in [2.05, 4.69) is 41.8 Å². The van der Waals surface area contributed by atoms with E-state index in [9.17, 15) is 0 Å². The minimum atomic E-state index is 0.385. The Morgan fingerprint density at radius 2 is 2.38 bits per heavy atom. The van der Waals surface area contributed by atoms with Gasteiger partial charge in [-0.25, -0.2) is 0 Å². The molecule has 0 aromatic rings. The second-order valence-electron chi connectivity index (χ2n) is 3.65. The largest absolute Gasteiger partial charge is 0.324 e. The van der Waals surface area contributed by atoms with Crippen LogP contribution in [0.15, 0.2) is 23.9 Å². The van der Waals surface area contributed by atoms with Gasteiger partial charge in [-0.3, -0.25) is 16.1 Å². The van der Waals surface area contributed by atoms with Gasteiger partial charge in [0.1, 0.15) is 0 Å². The van der Waals surface area contributed by atoms with Crippen LogP contribution >= 0.6 is 0 Å². The molecule has 2 aliphatic rings. The van der Waals surface area contributed by atoms with Crippen LogP contribution < -0.4 is 16.6 Å². The summed E-state index contributed by atoms with van der Waals surface area (Å²) in [5.74, 6) is 5.34. The van der Waals surface area contributed by atoms with Crippen molar-refractivity contribution >= 4 is 0 Å². The summed E-state index contributed by atoms with van der Waals surface area (Å²) in [5.41, 5.74) is 3.64. The van der Waals surface area contributed by atoms with Crippen molar-refractivity contribution in [2.45, 2.75) is 25.2 Å². The van der Waals surface area contributed by atoms with Gasteiger partial charge in [-0.15, -0.1) is 0 Å². The number of allylic oxidation sites excluding steroid dienone is 1. The lowest BCUT2D eigenvalue weighted by molar-refractivity contribution is 0.276. The first-order chi connectivity index (χ1) is 6.22. The van der Waals surface area contributed by atoms with Gasteiger partial charge in [0, 0.05) is 17.8 Å². The summed E-state index contributed by atoms with van der Waals surface area (Å²) in [5, 5.41) is 3.47. The molecule has 2 rings (SSSR count). The minimum Gasteiger partial charge on any atom is -0.324 e. The topological polar surface area (TPSA) is 53.3 Å². The number of hydrogen-bond acceptors (Lipinski definition) is 4. The molecule has 13 heavy (non-hydrogen) atoms. The Balaban J connectivity index is 2.18. The summed E-state index contributed by atoms with van der Waals surface area (Å²) < 4.78 is 0. The summed E-state index contributed by atoms with van der Waals surface area (Å²) >= 11 is 0. The first-order valence-corrected chi connectivity index (χ1v) is 4.57. The Bertz CT molecular complexity index is 258. The molecule has 4 nitrogen and oxygen atoms in total. The fourth-order valence-electron chi connectivity index (χ4n) is 1.96. The Morgan fingerprint density at radius 3 is 3.08 bits per heavy atom. The van der Waals surface area contributed by atoms with Crippen LogP contribution in [0.5, 0.6) is 0 Å². The van der Waals surface area contributed by atoms with Crippen molar-refractivity contribution in [3.8, 4) is 0 Å². The molecule has 1 aliphatic carbocycles. The smallest absolute Gasteiger partial charge is 0.0576 e. The third-order valence-electron chi connectivity index (χ3n) is 2.88. The Hall–Kier alpha value is -0.840. The van der Waals surface area contributed by atoms with E-state index in [1.807, 2.05) is 6.08 Å². The van der Waals surface area contributed by atoms with Crippen molar-refractivity contribution in [1.29, 1.82) is 0 Å².